The van der Waals surface area contributed by atoms with E-state index in [0.29, 0.717) is 32.2 Å². The van der Waals surface area contributed by atoms with Crippen LogP contribution < -0.4 is 10.2 Å². The highest BCUT2D eigenvalue weighted by atomic mass is 32.2. The number of anilines is 2. The average Bonchev–Trinajstić information content (AvgIpc) is 3.47. The predicted molar refractivity (Wildman–Crippen MR) is 130 cm³/mol. The van der Waals surface area contributed by atoms with Crippen LogP contribution in [-0.4, -0.2) is 70.3 Å². The highest BCUT2D eigenvalue weighted by molar-refractivity contribution is 7.99. The number of piperidine rings is 2. The van der Waals surface area contributed by atoms with Crippen LogP contribution in [0, 0.1) is 0 Å². The Balaban J connectivity index is 1.17. The molecule has 3 aliphatic rings. The number of alkyl halides is 1. The van der Waals surface area contributed by atoms with Crippen molar-refractivity contribution in [3.05, 3.63) is 40.7 Å². The van der Waals surface area contributed by atoms with Gasteiger partial charge in [0.15, 0.2) is 11.5 Å². The Morgan fingerprint density at radius 1 is 1.28 bits per heavy atom. The molecule has 9 heteroatoms. The van der Waals surface area contributed by atoms with E-state index in [4.69, 9.17) is 0 Å². The molecule has 2 aromatic rings. The van der Waals surface area contributed by atoms with Crippen molar-refractivity contribution in [3.63, 3.8) is 0 Å². The van der Waals surface area contributed by atoms with E-state index < -0.39 is 5.67 Å². The summed E-state index contributed by atoms with van der Waals surface area (Å²) in [7, 11) is 0. The Morgan fingerprint density at radius 2 is 2.06 bits per heavy atom. The van der Waals surface area contributed by atoms with Crippen molar-refractivity contribution in [2.75, 3.05) is 42.7 Å². The lowest BCUT2D eigenvalue weighted by Crippen LogP contribution is -2.56. The lowest BCUT2D eigenvalue weighted by atomic mass is 9.90. The number of hydrogen-bond acceptors (Lipinski definition) is 7. The second kappa shape index (κ2) is 9.19. The number of carbonyl (C=O) groups excluding carboxylic acids is 1. The Bertz CT molecular complexity index is 926. The van der Waals surface area contributed by atoms with Gasteiger partial charge in [0.05, 0.1) is 5.69 Å². The summed E-state index contributed by atoms with van der Waals surface area (Å²) in [5, 5.41) is 7.73. The molecule has 3 aliphatic heterocycles. The van der Waals surface area contributed by atoms with Gasteiger partial charge < -0.3 is 15.1 Å². The number of amides is 1. The minimum Gasteiger partial charge on any atom is -0.354 e. The summed E-state index contributed by atoms with van der Waals surface area (Å²) in [5.74, 6) is 0.683. The maximum absolute atomic E-state index is 15.7. The number of hydrogen-bond donors (Lipinski definition) is 1. The van der Waals surface area contributed by atoms with E-state index in [1.807, 2.05) is 12.3 Å². The maximum atomic E-state index is 15.7. The fourth-order valence-corrected chi connectivity index (χ4v) is 6.52. The summed E-state index contributed by atoms with van der Waals surface area (Å²) >= 11 is 3.44. The van der Waals surface area contributed by atoms with E-state index in [-0.39, 0.29) is 24.2 Å². The molecule has 2 aromatic heterocycles. The Morgan fingerprint density at radius 3 is 2.75 bits per heavy atom. The van der Waals surface area contributed by atoms with Gasteiger partial charge >= 0.3 is 0 Å². The molecular weight excluding hydrogens is 445 g/mol. The van der Waals surface area contributed by atoms with Crippen molar-refractivity contribution in [1.29, 1.82) is 0 Å². The van der Waals surface area contributed by atoms with Gasteiger partial charge in [0.1, 0.15) is 5.50 Å². The molecule has 0 saturated carbocycles. The summed E-state index contributed by atoms with van der Waals surface area (Å²) in [6.45, 7) is 3.31. The Labute approximate surface area is 197 Å². The molecule has 6 nitrogen and oxygen atoms in total. The zero-order chi connectivity index (χ0) is 22.1. The number of pyridine rings is 1. The number of rotatable bonds is 5. The summed E-state index contributed by atoms with van der Waals surface area (Å²) in [5.41, 5.74) is 0.753. The predicted octanol–water partition coefficient (Wildman–Crippen LogP) is 4.02. The van der Waals surface area contributed by atoms with Crippen LogP contribution in [0.4, 0.5) is 15.9 Å². The van der Waals surface area contributed by atoms with Crippen molar-refractivity contribution in [2.24, 2.45) is 0 Å². The van der Waals surface area contributed by atoms with Gasteiger partial charge in [-0.15, -0.1) is 11.8 Å². The third-order valence-corrected chi connectivity index (χ3v) is 8.47. The number of carbonyl (C=O) groups is 1. The van der Waals surface area contributed by atoms with Crippen LogP contribution in [0.1, 0.15) is 31.2 Å². The van der Waals surface area contributed by atoms with E-state index in [2.05, 4.69) is 49.2 Å². The molecule has 2 fully saturated rings. The van der Waals surface area contributed by atoms with Crippen LogP contribution in [0.15, 0.2) is 35.2 Å². The molecule has 0 aromatic carbocycles. The highest BCUT2D eigenvalue weighted by Gasteiger charge is 2.45. The van der Waals surface area contributed by atoms with Crippen LogP contribution >= 0.6 is 23.1 Å². The minimum absolute atomic E-state index is 0.146. The molecule has 2 saturated heterocycles. The average molecular weight is 476 g/mol. The van der Waals surface area contributed by atoms with Gasteiger partial charge in [0.25, 0.3) is 5.91 Å². The van der Waals surface area contributed by atoms with Crippen LogP contribution in [0.2, 0.25) is 0 Å². The summed E-state index contributed by atoms with van der Waals surface area (Å²) < 4.78 is 15.7. The summed E-state index contributed by atoms with van der Waals surface area (Å²) in [6, 6.07) is 6.41. The fraction of sp³-hybridized carbons (Fsp3) is 0.565. The van der Waals surface area contributed by atoms with Crippen LogP contribution in [0.25, 0.3) is 0 Å². The first-order valence-corrected chi connectivity index (χ1v) is 13.5. The molecule has 0 radical (unpaired) electrons. The van der Waals surface area contributed by atoms with E-state index in [1.165, 1.54) is 5.56 Å². The first kappa shape index (κ1) is 22.0. The summed E-state index contributed by atoms with van der Waals surface area (Å²) in [4.78, 5) is 24.1. The zero-order valence-corrected chi connectivity index (χ0v) is 20.0. The monoisotopic (exact) mass is 475 g/mol. The van der Waals surface area contributed by atoms with Gasteiger partial charge in [0.2, 0.25) is 0 Å². The van der Waals surface area contributed by atoms with Crippen LogP contribution in [0.3, 0.4) is 0 Å². The third kappa shape index (κ3) is 4.22. The van der Waals surface area contributed by atoms with Gasteiger partial charge in [-0.3, -0.25) is 9.69 Å². The number of aromatic nitrogens is 1. The van der Waals surface area contributed by atoms with Crippen LogP contribution in [0.5, 0.6) is 0 Å². The summed E-state index contributed by atoms with van der Waals surface area (Å²) in [6.07, 6.45) is 6.16. The quantitative estimate of drug-likeness (QED) is 0.705. The van der Waals surface area contributed by atoms with Crippen molar-refractivity contribution in [2.45, 2.75) is 49.4 Å². The first-order valence-electron chi connectivity index (χ1n) is 11.3. The van der Waals surface area contributed by atoms with Gasteiger partial charge in [-0.1, -0.05) is 0 Å². The lowest BCUT2D eigenvalue weighted by Gasteiger charge is -2.42. The number of fused-ring (bicyclic) bond motifs is 1. The van der Waals surface area contributed by atoms with Crippen molar-refractivity contribution >= 4 is 40.5 Å². The normalized spacial score (nSPS) is 23.8. The standard InChI is InChI=1S/C23H30FN5OS2/c1-31-22-26-19-3-2-9-25-20(19)29(22)18-4-10-28(11-5-18)21(30)23(24)7-12-27(13-8-23)15-17-6-14-32-16-17/h2-3,6,9,14,16,18,22,26H,4-5,7-8,10-13,15H2,1H3. The topological polar surface area (TPSA) is 51.7 Å². The van der Waals surface area contributed by atoms with E-state index in [1.54, 1.807) is 28.0 Å². The molecule has 0 bridgehead atoms. The lowest BCUT2D eigenvalue weighted by molar-refractivity contribution is -0.148. The molecule has 1 atom stereocenters. The second-order valence-electron chi connectivity index (χ2n) is 8.91. The SMILES string of the molecule is CSC1Nc2cccnc2N1C1CCN(C(=O)C2(F)CCN(Cc3ccsc3)CC2)CC1. The number of halogens is 1. The zero-order valence-electron chi connectivity index (χ0n) is 18.4. The van der Waals surface area contributed by atoms with Crippen molar-refractivity contribution in [3.8, 4) is 0 Å². The number of thioether (sulfide) groups is 1. The fourth-order valence-electron chi connectivity index (χ4n) is 5.12. The van der Waals surface area contributed by atoms with Crippen LogP contribution in [-0.2, 0) is 11.3 Å². The first-order chi connectivity index (χ1) is 15.6. The largest absolute Gasteiger partial charge is 0.354 e. The Hall–Kier alpha value is -1.84. The molecule has 1 N–H and O–H groups in total. The number of nitrogens with zero attached hydrogens (tertiary/aromatic N) is 4. The third-order valence-electron chi connectivity index (χ3n) is 6.95. The van der Waals surface area contributed by atoms with Gasteiger partial charge in [0, 0.05) is 57.8 Å². The molecule has 172 valence electrons. The van der Waals surface area contributed by atoms with Crippen molar-refractivity contribution in [1.82, 2.24) is 14.8 Å². The molecule has 0 aliphatic carbocycles. The maximum Gasteiger partial charge on any atom is 0.260 e. The molecule has 5 heterocycles. The number of nitrogens with one attached hydrogen (secondary N) is 1. The minimum atomic E-state index is -1.72. The molecule has 1 unspecified atom stereocenters. The highest BCUT2D eigenvalue weighted by Crippen LogP contribution is 2.39. The molecule has 32 heavy (non-hydrogen) atoms. The van der Waals surface area contributed by atoms with Crippen molar-refractivity contribution < 1.29 is 9.18 Å². The number of thiophene rings is 1. The van der Waals surface area contributed by atoms with E-state index in [9.17, 15) is 4.79 Å². The molecule has 1 amide bonds. The van der Waals surface area contributed by atoms with Gasteiger partial charge in [-0.25, -0.2) is 9.37 Å². The van der Waals surface area contributed by atoms with E-state index in [0.717, 1.165) is 30.9 Å². The smallest absolute Gasteiger partial charge is 0.260 e. The Kier molecular flexibility index (Phi) is 6.31. The molecule has 5 rings (SSSR count). The molecule has 0 spiro atoms. The molecular formula is C23H30FN5OS2. The second-order valence-corrected chi connectivity index (χ2v) is 10.6. The van der Waals surface area contributed by atoms with Gasteiger partial charge in [-0.2, -0.15) is 11.3 Å². The van der Waals surface area contributed by atoms with E-state index >= 15 is 4.39 Å². The van der Waals surface area contributed by atoms with Gasteiger partial charge in [-0.05, 0) is 53.6 Å². The number of likely N-dealkylation sites (tertiary alicyclic amines) is 2.